The first-order chi connectivity index (χ1) is 11.2. The fourth-order valence-electron chi connectivity index (χ4n) is 2.19. The number of esters is 1. The molecule has 0 atom stereocenters. The fraction of sp³-hybridized carbons (Fsp3) is 0.111. The highest BCUT2D eigenvalue weighted by Crippen LogP contribution is 2.20. The molecule has 0 spiro atoms. The molecular formula is C18H14O5. The molecule has 3 rings (SSSR count). The normalized spacial score (nSPS) is 10.5. The summed E-state index contributed by atoms with van der Waals surface area (Å²) in [6.45, 7) is 0.383. The Balaban J connectivity index is 1.92. The van der Waals surface area contributed by atoms with Gasteiger partial charge in [-0.15, -0.1) is 0 Å². The van der Waals surface area contributed by atoms with Crippen LogP contribution in [0, 0.1) is 0 Å². The number of carbonyl (C=O) groups is 1. The van der Waals surface area contributed by atoms with Gasteiger partial charge >= 0.3 is 5.97 Å². The number of benzene rings is 2. The average molecular weight is 310 g/mol. The summed E-state index contributed by atoms with van der Waals surface area (Å²) >= 11 is 0. The average Bonchev–Trinajstić information content (AvgIpc) is 2.61. The maximum atomic E-state index is 12.3. The van der Waals surface area contributed by atoms with Crippen molar-refractivity contribution < 1.29 is 18.7 Å². The van der Waals surface area contributed by atoms with Crippen molar-refractivity contribution in [2.24, 2.45) is 0 Å². The van der Waals surface area contributed by atoms with Crippen LogP contribution in [0.25, 0.3) is 11.0 Å². The number of methoxy groups -OCH3 is 1. The van der Waals surface area contributed by atoms with E-state index >= 15 is 0 Å². The molecule has 0 fully saturated rings. The molecule has 3 aromatic rings. The van der Waals surface area contributed by atoms with Crippen LogP contribution in [0.1, 0.15) is 15.9 Å². The van der Waals surface area contributed by atoms with Crippen LogP contribution in [-0.2, 0) is 11.3 Å². The van der Waals surface area contributed by atoms with Gasteiger partial charge in [0.2, 0.25) is 5.43 Å². The second-order valence-corrected chi connectivity index (χ2v) is 4.90. The molecule has 0 N–H and O–H groups in total. The van der Waals surface area contributed by atoms with Crippen LogP contribution in [0.5, 0.6) is 5.75 Å². The highest BCUT2D eigenvalue weighted by atomic mass is 16.5. The molecule has 0 aliphatic carbocycles. The van der Waals surface area contributed by atoms with E-state index in [9.17, 15) is 9.59 Å². The zero-order valence-electron chi connectivity index (χ0n) is 12.4. The van der Waals surface area contributed by atoms with E-state index in [1.54, 1.807) is 18.2 Å². The third-order valence-electron chi connectivity index (χ3n) is 3.40. The Morgan fingerprint density at radius 3 is 2.65 bits per heavy atom. The van der Waals surface area contributed by atoms with Crippen LogP contribution in [0.3, 0.4) is 0 Å². The van der Waals surface area contributed by atoms with Crippen molar-refractivity contribution in [2.75, 3.05) is 7.11 Å². The summed E-state index contributed by atoms with van der Waals surface area (Å²) in [5.41, 5.74) is 0.820. The number of hydrogen-bond acceptors (Lipinski definition) is 5. The van der Waals surface area contributed by atoms with Gasteiger partial charge in [0, 0.05) is 0 Å². The van der Waals surface area contributed by atoms with Crippen molar-refractivity contribution in [3.8, 4) is 5.75 Å². The molecule has 0 aliphatic rings. The quantitative estimate of drug-likeness (QED) is 0.693. The topological polar surface area (TPSA) is 65.7 Å². The molecule has 5 heteroatoms. The molecule has 0 aliphatic heterocycles. The smallest absolute Gasteiger partial charge is 0.345 e. The highest BCUT2D eigenvalue weighted by Gasteiger charge is 2.15. The molecule has 116 valence electrons. The molecule has 1 heterocycles. The Morgan fingerprint density at radius 1 is 1.13 bits per heavy atom. The molecule has 0 saturated heterocycles. The molecule has 5 nitrogen and oxygen atoms in total. The van der Waals surface area contributed by atoms with E-state index in [-0.39, 0.29) is 10.9 Å². The maximum absolute atomic E-state index is 12.3. The lowest BCUT2D eigenvalue weighted by Gasteiger charge is -2.07. The molecular weight excluding hydrogens is 296 g/mol. The standard InChI is InChI=1S/C18H14O5/c1-21-18(20)15-11-23-16-8-7-13(9-14(16)17(15)19)22-10-12-5-3-2-4-6-12/h2-9,11H,10H2,1H3. The van der Waals surface area contributed by atoms with Gasteiger partial charge in [0.15, 0.2) is 0 Å². The summed E-state index contributed by atoms with van der Waals surface area (Å²) in [5.74, 6) is -0.202. The van der Waals surface area contributed by atoms with Gasteiger partial charge < -0.3 is 13.9 Å². The third-order valence-corrected chi connectivity index (χ3v) is 3.40. The minimum absolute atomic E-state index is 0.139. The predicted molar refractivity (Wildman–Crippen MR) is 84.6 cm³/mol. The van der Waals surface area contributed by atoms with E-state index in [1.165, 1.54) is 7.11 Å². The minimum Gasteiger partial charge on any atom is -0.489 e. The van der Waals surface area contributed by atoms with Gasteiger partial charge in [0.05, 0.1) is 12.5 Å². The van der Waals surface area contributed by atoms with E-state index in [4.69, 9.17) is 9.15 Å². The second kappa shape index (κ2) is 6.36. The van der Waals surface area contributed by atoms with Gasteiger partial charge in [-0.25, -0.2) is 4.79 Å². The molecule has 0 radical (unpaired) electrons. The summed E-state index contributed by atoms with van der Waals surface area (Å²) < 4.78 is 15.6. The van der Waals surface area contributed by atoms with Crippen molar-refractivity contribution in [2.45, 2.75) is 6.61 Å². The van der Waals surface area contributed by atoms with E-state index in [0.29, 0.717) is 17.9 Å². The lowest BCUT2D eigenvalue weighted by Crippen LogP contribution is -2.15. The highest BCUT2D eigenvalue weighted by molar-refractivity contribution is 5.92. The minimum atomic E-state index is -0.726. The van der Waals surface area contributed by atoms with Crippen LogP contribution < -0.4 is 10.2 Å². The number of hydrogen-bond donors (Lipinski definition) is 0. The summed E-state index contributed by atoms with van der Waals surface area (Å²) in [4.78, 5) is 23.9. The van der Waals surface area contributed by atoms with Crippen LogP contribution >= 0.6 is 0 Å². The molecule has 2 aromatic carbocycles. The zero-order valence-corrected chi connectivity index (χ0v) is 12.4. The summed E-state index contributed by atoms with van der Waals surface area (Å²) in [6, 6.07) is 14.6. The largest absolute Gasteiger partial charge is 0.489 e. The van der Waals surface area contributed by atoms with Crippen LogP contribution in [0.15, 0.2) is 64.0 Å². The Labute approximate surface area is 132 Å². The van der Waals surface area contributed by atoms with Crippen molar-refractivity contribution in [1.82, 2.24) is 0 Å². The van der Waals surface area contributed by atoms with E-state index in [0.717, 1.165) is 11.8 Å². The van der Waals surface area contributed by atoms with Gasteiger partial charge in [0.25, 0.3) is 0 Å². The van der Waals surface area contributed by atoms with Gasteiger partial charge in [-0.2, -0.15) is 0 Å². The lowest BCUT2D eigenvalue weighted by atomic mass is 10.1. The van der Waals surface area contributed by atoms with E-state index < -0.39 is 11.4 Å². The number of fused-ring (bicyclic) bond motifs is 1. The second-order valence-electron chi connectivity index (χ2n) is 4.90. The van der Waals surface area contributed by atoms with Crippen LogP contribution in [0.4, 0.5) is 0 Å². The number of carbonyl (C=O) groups excluding carboxylic acids is 1. The molecule has 23 heavy (non-hydrogen) atoms. The predicted octanol–water partition coefficient (Wildman–Crippen LogP) is 3.16. The van der Waals surface area contributed by atoms with Crippen LogP contribution in [-0.4, -0.2) is 13.1 Å². The summed E-state index contributed by atoms with van der Waals surface area (Å²) in [5, 5.41) is 0.276. The molecule has 0 unspecified atom stereocenters. The zero-order chi connectivity index (χ0) is 16.2. The molecule has 0 saturated carbocycles. The Bertz CT molecular complexity index is 896. The Kier molecular flexibility index (Phi) is 4.10. The van der Waals surface area contributed by atoms with Crippen molar-refractivity contribution in [3.05, 3.63) is 76.1 Å². The van der Waals surface area contributed by atoms with Crippen LogP contribution in [0.2, 0.25) is 0 Å². The monoisotopic (exact) mass is 310 g/mol. The molecule has 0 bridgehead atoms. The molecule has 0 amide bonds. The fourth-order valence-corrected chi connectivity index (χ4v) is 2.19. The Morgan fingerprint density at radius 2 is 1.91 bits per heavy atom. The van der Waals surface area contributed by atoms with Gasteiger partial charge in [0.1, 0.15) is 29.8 Å². The number of ether oxygens (including phenoxy) is 2. The summed E-state index contributed by atoms with van der Waals surface area (Å²) in [7, 11) is 1.21. The first-order valence-electron chi connectivity index (χ1n) is 6.99. The third kappa shape index (κ3) is 3.08. The lowest BCUT2D eigenvalue weighted by molar-refractivity contribution is 0.0597. The van der Waals surface area contributed by atoms with Crippen molar-refractivity contribution in [3.63, 3.8) is 0 Å². The Hall–Kier alpha value is -3.08. The van der Waals surface area contributed by atoms with E-state index in [1.807, 2.05) is 30.3 Å². The van der Waals surface area contributed by atoms with Crippen molar-refractivity contribution in [1.29, 1.82) is 0 Å². The summed E-state index contributed by atoms with van der Waals surface area (Å²) in [6.07, 6.45) is 1.11. The number of rotatable bonds is 4. The van der Waals surface area contributed by atoms with Gasteiger partial charge in [-0.1, -0.05) is 30.3 Å². The van der Waals surface area contributed by atoms with Gasteiger partial charge in [-0.05, 0) is 23.8 Å². The SMILES string of the molecule is COC(=O)c1coc2ccc(OCc3ccccc3)cc2c1=O. The van der Waals surface area contributed by atoms with Gasteiger partial charge in [-0.3, -0.25) is 4.79 Å². The van der Waals surface area contributed by atoms with E-state index in [2.05, 4.69) is 4.74 Å². The first kappa shape index (κ1) is 14.8. The molecule has 1 aromatic heterocycles. The first-order valence-corrected chi connectivity index (χ1v) is 6.99. The van der Waals surface area contributed by atoms with Crippen molar-refractivity contribution >= 4 is 16.9 Å². The maximum Gasteiger partial charge on any atom is 0.345 e.